The summed E-state index contributed by atoms with van der Waals surface area (Å²) in [6.07, 6.45) is 0.948. The summed E-state index contributed by atoms with van der Waals surface area (Å²) in [6.45, 7) is 5.09. The predicted molar refractivity (Wildman–Crippen MR) is 88.1 cm³/mol. The van der Waals surface area contributed by atoms with E-state index >= 15 is 0 Å². The molecule has 0 bridgehead atoms. The van der Waals surface area contributed by atoms with Crippen LogP contribution in [0.2, 0.25) is 0 Å². The summed E-state index contributed by atoms with van der Waals surface area (Å²) < 4.78 is 20.0. The molecule has 2 fully saturated rings. The summed E-state index contributed by atoms with van der Waals surface area (Å²) in [5, 5.41) is 7.26. The Kier molecular flexibility index (Phi) is 4.22. The number of morpholine rings is 1. The molecule has 2 aliphatic rings. The number of ether oxygens (including phenoxy) is 1. The molecule has 1 aliphatic carbocycles. The van der Waals surface area contributed by atoms with E-state index in [0.717, 1.165) is 32.7 Å². The Hall–Kier alpha value is -2.32. The van der Waals surface area contributed by atoms with Gasteiger partial charge in [0.15, 0.2) is 0 Å². The SMILES string of the molecule is Cc1nc(C(=O)N[C@@H]2C[C@H]2N2CCOCC2)nn1-c1ccc(F)cc1. The highest BCUT2D eigenvalue weighted by Gasteiger charge is 2.43. The summed E-state index contributed by atoms with van der Waals surface area (Å²) in [7, 11) is 0. The van der Waals surface area contributed by atoms with Crippen LogP contribution in [0.15, 0.2) is 24.3 Å². The topological polar surface area (TPSA) is 72.3 Å². The lowest BCUT2D eigenvalue weighted by molar-refractivity contribution is 0.0325. The van der Waals surface area contributed by atoms with Crippen LogP contribution in [-0.2, 0) is 4.74 Å². The van der Waals surface area contributed by atoms with Crippen LogP contribution < -0.4 is 5.32 Å². The van der Waals surface area contributed by atoms with Gasteiger partial charge in [-0.25, -0.2) is 14.1 Å². The van der Waals surface area contributed by atoms with E-state index in [1.165, 1.54) is 12.1 Å². The number of amides is 1. The maximum absolute atomic E-state index is 13.1. The van der Waals surface area contributed by atoms with Gasteiger partial charge in [-0.05, 0) is 37.6 Å². The monoisotopic (exact) mass is 345 g/mol. The first-order valence-corrected chi connectivity index (χ1v) is 8.44. The fourth-order valence-corrected chi connectivity index (χ4v) is 3.20. The lowest BCUT2D eigenvalue weighted by Crippen LogP contribution is -2.41. The lowest BCUT2D eigenvalue weighted by atomic mass is 10.3. The Bertz CT molecular complexity index is 770. The fraction of sp³-hybridized carbons (Fsp3) is 0.471. The van der Waals surface area contributed by atoms with E-state index in [2.05, 4.69) is 20.3 Å². The second-order valence-electron chi connectivity index (χ2n) is 6.40. The zero-order valence-electron chi connectivity index (χ0n) is 14.0. The Morgan fingerprint density at radius 3 is 2.72 bits per heavy atom. The number of nitrogens with one attached hydrogen (secondary N) is 1. The molecule has 1 amide bonds. The number of aromatic nitrogens is 3. The van der Waals surface area contributed by atoms with Crippen LogP contribution >= 0.6 is 0 Å². The number of carbonyl (C=O) groups is 1. The molecule has 4 rings (SSSR count). The minimum atomic E-state index is -0.317. The van der Waals surface area contributed by atoms with Crippen molar-refractivity contribution in [3.05, 3.63) is 41.7 Å². The summed E-state index contributed by atoms with van der Waals surface area (Å²) in [6, 6.07) is 6.44. The maximum atomic E-state index is 13.1. The van der Waals surface area contributed by atoms with E-state index in [1.807, 2.05) is 0 Å². The van der Waals surface area contributed by atoms with Gasteiger partial charge < -0.3 is 10.1 Å². The highest BCUT2D eigenvalue weighted by molar-refractivity contribution is 5.91. The minimum absolute atomic E-state index is 0.134. The second kappa shape index (κ2) is 6.53. The standard InChI is InChI=1S/C17H20FN5O2/c1-11-19-16(21-23(11)13-4-2-12(18)3-5-13)17(24)20-14-10-15(14)22-6-8-25-9-7-22/h2-5,14-15H,6-10H2,1H3,(H,20,24)/t14-,15-/m1/s1. The number of rotatable bonds is 4. The molecule has 1 N–H and O–H groups in total. The van der Waals surface area contributed by atoms with Gasteiger partial charge in [-0.15, -0.1) is 5.10 Å². The van der Waals surface area contributed by atoms with E-state index in [4.69, 9.17) is 4.74 Å². The molecule has 1 saturated carbocycles. The van der Waals surface area contributed by atoms with Crippen molar-refractivity contribution in [3.63, 3.8) is 0 Å². The summed E-state index contributed by atoms with van der Waals surface area (Å²) in [5.41, 5.74) is 0.670. The Labute approximate surface area is 144 Å². The average molecular weight is 345 g/mol. The van der Waals surface area contributed by atoms with Crippen molar-refractivity contribution < 1.29 is 13.9 Å². The van der Waals surface area contributed by atoms with Crippen LogP contribution in [0.3, 0.4) is 0 Å². The first-order valence-electron chi connectivity index (χ1n) is 8.44. The number of halogens is 1. The third-order valence-corrected chi connectivity index (χ3v) is 4.63. The molecule has 0 spiro atoms. The predicted octanol–water partition coefficient (Wildman–Crippen LogP) is 0.918. The van der Waals surface area contributed by atoms with Crippen LogP contribution in [0.4, 0.5) is 4.39 Å². The molecule has 2 aromatic rings. The second-order valence-corrected chi connectivity index (χ2v) is 6.40. The summed E-state index contributed by atoms with van der Waals surface area (Å²) in [4.78, 5) is 19.0. The highest BCUT2D eigenvalue weighted by atomic mass is 19.1. The van der Waals surface area contributed by atoms with Crippen LogP contribution in [0, 0.1) is 12.7 Å². The third-order valence-electron chi connectivity index (χ3n) is 4.63. The number of nitrogens with zero attached hydrogens (tertiary/aromatic N) is 4. The molecule has 25 heavy (non-hydrogen) atoms. The molecule has 1 saturated heterocycles. The molecular formula is C17H20FN5O2. The molecule has 0 radical (unpaired) electrons. The van der Waals surface area contributed by atoms with Gasteiger partial charge in [-0.3, -0.25) is 9.69 Å². The van der Waals surface area contributed by atoms with Gasteiger partial charge in [0.1, 0.15) is 11.6 Å². The molecule has 8 heteroatoms. The van der Waals surface area contributed by atoms with Gasteiger partial charge in [0, 0.05) is 25.2 Å². The van der Waals surface area contributed by atoms with Crippen LogP contribution in [0.1, 0.15) is 22.9 Å². The van der Waals surface area contributed by atoms with Gasteiger partial charge in [0.25, 0.3) is 5.91 Å². The Morgan fingerprint density at radius 1 is 1.28 bits per heavy atom. The summed E-state index contributed by atoms with van der Waals surface area (Å²) in [5.74, 6) is 0.124. The molecule has 132 valence electrons. The molecular weight excluding hydrogens is 325 g/mol. The smallest absolute Gasteiger partial charge is 0.291 e. The van der Waals surface area contributed by atoms with E-state index < -0.39 is 0 Å². The van der Waals surface area contributed by atoms with Crippen LogP contribution in [0.5, 0.6) is 0 Å². The normalized spacial score (nSPS) is 23.4. The average Bonchev–Trinajstić information content (AvgIpc) is 3.28. The number of benzene rings is 1. The Morgan fingerprint density at radius 2 is 2.00 bits per heavy atom. The van der Waals surface area contributed by atoms with Gasteiger partial charge in [0.05, 0.1) is 18.9 Å². The Balaban J connectivity index is 1.41. The first kappa shape index (κ1) is 16.2. The van der Waals surface area contributed by atoms with E-state index in [0.29, 0.717) is 17.6 Å². The van der Waals surface area contributed by atoms with Crippen molar-refractivity contribution >= 4 is 5.91 Å². The molecule has 2 atom stereocenters. The quantitative estimate of drug-likeness (QED) is 0.892. The molecule has 1 aromatic heterocycles. The van der Waals surface area contributed by atoms with Crippen LogP contribution in [-0.4, -0.2) is 64.0 Å². The number of hydrogen-bond donors (Lipinski definition) is 1. The van der Waals surface area contributed by atoms with Crippen LogP contribution in [0.25, 0.3) is 5.69 Å². The maximum Gasteiger partial charge on any atom is 0.291 e. The van der Waals surface area contributed by atoms with E-state index in [1.54, 1.807) is 23.7 Å². The van der Waals surface area contributed by atoms with Gasteiger partial charge in [-0.1, -0.05) is 0 Å². The van der Waals surface area contributed by atoms with Crippen molar-refractivity contribution in [1.29, 1.82) is 0 Å². The van der Waals surface area contributed by atoms with Crippen molar-refractivity contribution in [2.75, 3.05) is 26.3 Å². The summed E-state index contributed by atoms with van der Waals surface area (Å²) >= 11 is 0. The molecule has 7 nitrogen and oxygen atoms in total. The largest absolute Gasteiger partial charge is 0.379 e. The third kappa shape index (κ3) is 3.40. The molecule has 1 aromatic carbocycles. The molecule has 0 unspecified atom stereocenters. The van der Waals surface area contributed by atoms with Gasteiger partial charge in [-0.2, -0.15) is 0 Å². The number of hydrogen-bond acceptors (Lipinski definition) is 5. The zero-order valence-corrected chi connectivity index (χ0v) is 14.0. The van der Waals surface area contributed by atoms with Crippen molar-refractivity contribution in [3.8, 4) is 5.69 Å². The number of carbonyl (C=O) groups excluding carboxylic acids is 1. The highest BCUT2D eigenvalue weighted by Crippen LogP contribution is 2.28. The van der Waals surface area contributed by atoms with Crippen molar-refractivity contribution in [2.24, 2.45) is 0 Å². The molecule has 1 aliphatic heterocycles. The van der Waals surface area contributed by atoms with Gasteiger partial charge in [0.2, 0.25) is 5.82 Å². The van der Waals surface area contributed by atoms with Crippen molar-refractivity contribution in [1.82, 2.24) is 25.0 Å². The van der Waals surface area contributed by atoms with E-state index in [-0.39, 0.29) is 23.6 Å². The lowest BCUT2D eigenvalue weighted by Gasteiger charge is -2.26. The fourth-order valence-electron chi connectivity index (χ4n) is 3.20. The number of aryl methyl sites for hydroxylation is 1. The minimum Gasteiger partial charge on any atom is -0.379 e. The molecule has 2 heterocycles. The first-order chi connectivity index (χ1) is 12.1. The van der Waals surface area contributed by atoms with Crippen molar-refractivity contribution in [2.45, 2.75) is 25.4 Å². The zero-order chi connectivity index (χ0) is 17.4. The van der Waals surface area contributed by atoms with Gasteiger partial charge >= 0.3 is 0 Å². The van der Waals surface area contributed by atoms with E-state index in [9.17, 15) is 9.18 Å².